The Labute approximate surface area is 120 Å². The van der Waals surface area contributed by atoms with Crippen LogP contribution in [0.5, 0.6) is 0 Å². The van der Waals surface area contributed by atoms with Gasteiger partial charge in [-0.25, -0.2) is 18.0 Å². The maximum absolute atomic E-state index is 13.4. The Morgan fingerprint density at radius 2 is 1.62 bits per heavy atom. The average Bonchev–Trinajstić information content (AvgIpc) is 2.24. The Bertz CT molecular complexity index is 544. The lowest BCUT2D eigenvalue weighted by Gasteiger charge is -2.22. The molecule has 0 radical (unpaired) electrons. The van der Waals surface area contributed by atoms with Gasteiger partial charge in [-0.3, -0.25) is 4.79 Å². The molecule has 4 nitrogen and oxygen atoms in total. The van der Waals surface area contributed by atoms with E-state index >= 15 is 0 Å². The Balaban J connectivity index is 2.85. The molecule has 21 heavy (non-hydrogen) atoms. The van der Waals surface area contributed by atoms with Crippen LogP contribution < -0.4 is 5.32 Å². The molecule has 1 aromatic rings. The third kappa shape index (κ3) is 4.77. The summed E-state index contributed by atoms with van der Waals surface area (Å²) in [4.78, 5) is 23.4. The van der Waals surface area contributed by atoms with E-state index in [1.807, 2.05) is 0 Å². The van der Waals surface area contributed by atoms with Crippen LogP contribution in [-0.2, 0) is 9.53 Å². The molecule has 0 spiro atoms. The third-order valence-corrected chi connectivity index (χ3v) is 2.34. The van der Waals surface area contributed by atoms with Gasteiger partial charge in [-0.1, -0.05) is 0 Å². The molecule has 1 amide bonds. The lowest BCUT2D eigenvalue weighted by atomic mass is 10.1. The van der Waals surface area contributed by atoms with E-state index in [0.717, 1.165) is 0 Å². The highest BCUT2D eigenvalue weighted by Crippen LogP contribution is 2.15. The van der Waals surface area contributed by atoms with Crippen molar-refractivity contribution in [2.45, 2.75) is 39.3 Å². The lowest BCUT2D eigenvalue weighted by Crippen LogP contribution is -2.42. The summed E-state index contributed by atoms with van der Waals surface area (Å²) >= 11 is 0. The van der Waals surface area contributed by atoms with E-state index in [-0.39, 0.29) is 0 Å². The van der Waals surface area contributed by atoms with Crippen LogP contribution in [0.25, 0.3) is 0 Å². The summed E-state index contributed by atoms with van der Waals surface area (Å²) in [6.45, 7) is 6.22. The van der Waals surface area contributed by atoms with Crippen LogP contribution in [0.3, 0.4) is 0 Å². The van der Waals surface area contributed by atoms with Gasteiger partial charge in [0.15, 0.2) is 0 Å². The maximum Gasteiger partial charge on any atom is 0.328 e. The van der Waals surface area contributed by atoms with E-state index in [0.29, 0.717) is 12.1 Å². The molecule has 0 heterocycles. The molecule has 7 heteroatoms. The number of carbonyl (C=O) groups is 2. The minimum absolute atomic E-state index is 0.385. The zero-order valence-electron chi connectivity index (χ0n) is 12.1. The summed E-state index contributed by atoms with van der Waals surface area (Å²) in [6, 6.07) is -0.340. The highest BCUT2D eigenvalue weighted by atomic mass is 19.1. The number of amides is 1. The largest absolute Gasteiger partial charge is 0.458 e. The minimum atomic E-state index is -1.35. The Morgan fingerprint density at radius 3 is 2.05 bits per heavy atom. The van der Waals surface area contributed by atoms with Crippen molar-refractivity contribution in [3.05, 3.63) is 35.1 Å². The molecule has 0 saturated carbocycles. The van der Waals surface area contributed by atoms with Gasteiger partial charge in [-0.15, -0.1) is 0 Å². The number of esters is 1. The number of ether oxygens (including phenoxy) is 1. The SMILES string of the molecule is C[C@@H](NC(=O)c1c(F)cc(F)cc1F)C(=O)OC(C)(C)C. The van der Waals surface area contributed by atoms with Gasteiger partial charge >= 0.3 is 5.97 Å². The summed E-state index contributed by atoms with van der Waals surface area (Å²) in [5, 5.41) is 2.10. The highest BCUT2D eigenvalue weighted by molar-refractivity contribution is 5.97. The topological polar surface area (TPSA) is 55.4 Å². The molecule has 0 saturated heterocycles. The number of halogens is 3. The van der Waals surface area contributed by atoms with Gasteiger partial charge in [0, 0.05) is 12.1 Å². The van der Waals surface area contributed by atoms with E-state index in [2.05, 4.69) is 5.32 Å². The second kappa shape index (κ2) is 6.15. The zero-order valence-corrected chi connectivity index (χ0v) is 12.1. The van der Waals surface area contributed by atoms with E-state index < -0.39 is 46.5 Å². The predicted octanol–water partition coefficient (Wildman–Crippen LogP) is 2.56. The molecule has 0 aliphatic rings. The second-order valence-electron chi connectivity index (χ2n) is 5.47. The fraction of sp³-hybridized carbons (Fsp3) is 0.429. The molecule has 0 unspecified atom stereocenters. The number of hydrogen-bond donors (Lipinski definition) is 1. The summed E-state index contributed by atoms with van der Waals surface area (Å²) in [5.41, 5.74) is -1.71. The van der Waals surface area contributed by atoms with Crippen LogP contribution in [0.4, 0.5) is 13.2 Å². The molecule has 1 aromatic carbocycles. The van der Waals surface area contributed by atoms with Gasteiger partial charge in [-0.05, 0) is 27.7 Å². The Kier molecular flexibility index (Phi) is 4.98. The normalized spacial score (nSPS) is 12.7. The number of hydrogen-bond acceptors (Lipinski definition) is 3. The highest BCUT2D eigenvalue weighted by Gasteiger charge is 2.26. The predicted molar refractivity (Wildman–Crippen MR) is 69.1 cm³/mol. The van der Waals surface area contributed by atoms with Gasteiger partial charge in [0.1, 0.15) is 34.7 Å². The second-order valence-corrected chi connectivity index (χ2v) is 5.47. The number of benzene rings is 1. The summed E-state index contributed by atoms with van der Waals surface area (Å²) < 4.78 is 44.6. The fourth-order valence-corrected chi connectivity index (χ4v) is 1.48. The number of nitrogens with one attached hydrogen (secondary N) is 1. The summed E-state index contributed by atoms with van der Waals surface area (Å²) in [6.07, 6.45) is 0. The molecule has 1 atom stereocenters. The van der Waals surface area contributed by atoms with Crippen LogP contribution >= 0.6 is 0 Å². The first-order valence-corrected chi connectivity index (χ1v) is 6.19. The van der Waals surface area contributed by atoms with Gasteiger partial charge in [0.25, 0.3) is 5.91 Å². The average molecular weight is 303 g/mol. The number of rotatable bonds is 3. The molecule has 0 fully saturated rings. The van der Waals surface area contributed by atoms with Crippen molar-refractivity contribution in [1.29, 1.82) is 0 Å². The standard InChI is InChI=1S/C14H16F3NO3/c1-7(13(20)21-14(2,3)4)18-12(19)11-9(16)5-8(15)6-10(11)17/h5-7H,1-4H3,(H,18,19)/t7-/m1/s1. The molecule has 0 aliphatic carbocycles. The van der Waals surface area contributed by atoms with Crippen molar-refractivity contribution in [2.75, 3.05) is 0 Å². The number of carbonyl (C=O) groups excluding carboxylic acids is 2. The first-order chi connectivity index (χ1) is 9.51. The van der Waals surface area contributed by atoms with Crippen LogP contribution in [0.1, 0.15) is 38.1 Å². The maximum atomic E-state index is 13.4. The van der Waals surface area contributed by atoms with E-state index in [1.165, 1.54) is 6.92 Å². The fourth-order valence-electron chi connectivity index (χ4n) is 1.48. The van der Waals surface area contributed by atoms with Gasteiger partial charge in [0.05, 0.1) is 0 Å². The van der Waals surface area contributed by atoms with Gasteiger partial charge in [-0.2, -0.15) is 0 Å². The van der Waals surface area contributed by atoms with Crippen molar-refractivity contribution in [3.63, 3.8) is 0 Å². The first-order valence-electron chi connectivity index (χ1n) is 6.19. The molecule has 0 bridgehead atoms. The van der Waals surface area contributed by atoms with Crippen molar-refractivity contribution >= 4 is 11.9 Å². The first kappa shape index (κ1) is 17.0. The molecule has 1 rings (SSSR count). The molecule has 0 aromatic heterocycles. The smallest absolute Gasteiger partial charge is 0.328 e. The van der Waals surface area contributed by atoms with Crippen LogP contribution in [0.2, 0.25) is 0 Å². The zero-order chi connectivity index (χ0) is 16.4. The summed E-state index contributed by atoms with van der Waals surface area (Å²) in [5.74, 6) is -5.74. The van der Waals surface area contributed by atoms with Crippen LogP contribution in [0.15, 0.2) is 12.1 Å². The quantitative estimate of drug-likeness (QED) is 0.873. The van der Waals surface area contributed by atoms with Crippen molar-refractivity contribution < 1.29 is 27.5 Å². The monoisotopic (exact) mass is 303 g/mol. The van der Waals surface area contributed by atoms with E-state index in [4.69, 9.17) is 4.74 Å². The molecule has 0 aliphatic heterocycles. The van der Waals surface area contributed by atoms with Gasteiger partial charge < -0.3 is 10.1 Å². The molecule has 116 valence electrons. The molecular weight excluding hydrogens is 287 g/mol. The lowest BCUT2D eigenvalue weighted by molar-refractivity contribution is -0.156. The van der Waals surface area contributed by atoms with Gasteiger partial charge in [0.2, 0.25) is 0 Å². The van der Waals surface area contributed by atoms with E-state index in [1.54, 1.807) is 20.8 Å². The minimum Gasteiger partial charge on any atom is -0.458 e. The Morgan fingerprint density at radius 1 is 1.14 bits per heavy atom. The third-order valence-electron chi connectivity index (χ3n) is 2.34. The van der Waals surface area contributed by atoms with Crippen molar-refractivity contribution in [2.24, 2.45) is 0 Å². The Hall–Kier alpha value is -2.05. The van der Waals surface area contributed by atoms with Crippen molar-refractivity contribution in [1.82, 2.24) is 5.32 Å². The van der Waals surface area contributed by atoms with Crippen LogP contribution in [-0.4, -0.2) is 23.5 Å². The van der Waals surface area contributed by atoms with E-state index in [9.17, 15) is 22.8 Å². The van der Waals surface area contributed by atoms with Crippen molar-refractivity contribution in [3.8, 4) is 0 Å². The van der Waals surface area contributed by atoms with Crippen LogP contribution in [0, 0.1) is 17.5 Å². The molecule has 1 N–H and O–H groups in total. The summed E-state index contributed by atoms with van der Waals surface area (Å²) in [7, 11) is 0. The molecular formula is C14H16F3NO3.